The van der Waals surface area contributed by atoms with Gasteiger partial charge in [-0.1, -0.05) is 6.07 Å². The minimum Gasteiger partial charge on any atom is -0.497 e. The molecule has 0 radical (unpaired) electrons. The first-order valence-electron chi connectivity index (χ1n) is 10.8. The van der Waals surface area contributed by atoms with Crippen LogP contribution < -0.4 is 28.4 Å². The number of hydrogen-bond acceptors (Lipinski definition) is 8. The molecule has 4 rings (SSSR count). The van der Waals surface area contributed by atoms with E-state index in [4.69, 9.17) is 28.4 Å². The van der Waals surface area contributed by atoms with Gasteiger partial charge in [0, 0.05) is 11.6 Å². The molecule has 35 heavy (non-hydrogen) atoms. The molecule has 1 heterocycles. The largest absolute Gasteiger partial charge is 0.497 e. The van der Waals surface area contributed by atoms with Gasteiger partial charge in [-0.3, -0.25) is 9.59 Å². The van der Waals surface area contributed by atoms with Crippen molar-refractivity contribution in [3.8, 4) is 34.5 Å². The van der Waals surface area contributed by atoms with Crippen molar-refractivity contribution in [2.75, 3.05) is 35.5 Å². The van der Waals surface area contributed by atoms with Crippen molar-refractivity contribution in [1.29, 1.82) is 0 Å². The van der Waals surface area contributed by atoms with Gasteiger partial charge < -0.3 is 28.4 Å². The fraction of sp³-hybridized carbons (Fsp3) is 0.259. The predicted octanol–water partition coefficient (Wildman–Crippen LogP) is 4.55. The second-order valence-electron chi connectivity index (χ2n) is 7.79. The molecular formula is C27H26O8. The van der Waals surface area contributed by atoms with E-state index in [1.165, 1.54) is 35.5 Å². The predicted molar refractivity (Wildman–Crippen MR) is 128 cm³/mol. The number of fused-ring (bicyclic) bond motifs is 1. The monoisotopic (exact) mass is 478 g/mol. The summed E-state index contributed by atoms with van der Waals surface area (Å²) in [6.07, 6.45) is -0.914. The van der Waals surface area contributed by atoms with Gasteiger partial charge in [-0.05, 0) is 48.0 Å². The molecule has 8 nitrogen and oxygen atoms in total. The highest BCUT2D eigenvalue weighted by atomic mass is 16.5. The molecule has 3 aromatic rings. The zero-order valence-corrected chi connectivity index (χ0v) is 20.1. The zero-order chi connectivity index (χ0) is 25.1. The van der Waals surface area contributed by atoms with E-state index in [1.54, 1.807) is 54.6 Å². The topological polar surface area (TPSA) is 89.5 Å². The van der Waals surface area contributed by atoms with Crippen LogP contribution in [-0.4, -0.2) is 47.1 Å². The highest BCUT2D eigenvalue weighted by Crippen LogP contribution is 2.44. The van der Waals surface area contributed by atoms with E-state index in [2.05, 4.69) is 0 Å². The van der Waals surface area contributed by atoms with Gasteiger partial charge in [0.1, 0.15) is 23.5 Å². The molecule has 8 heteroatoms. The van der Waals surface area contributed by atoms with E-state index >= 15 is 0 Å². The molecule has 1 aliphatic rings. The molecular weight excluding hydrogens is 452 g/mol. The minimum atomic E-state index is -1.15. The summed E-state index contributed by atoms with van der Waals surface area (Å²) in [5.41, 5.74) is 1.19. The van der Waals surface area contributed by atoms with Crippen LogP contribution in [0.15, 0.2) is 54.6 Å². The number of Topliss-reactive ketones (excluding diaryl/α,β-unsaturated/α-hetero) is 2. The number of ether oxygens (including phenoxy) is 6. The number of carbonyl (C=O) groups is 2. The molecule has 0 spiro atoms. The van der Waals surface area contributed by atoms with Crippen LogP contribution in [0.1, 0.15) is 32.4 Å². The zero-order valence-electron chi connectivity index (χ0n) is 20.1. The standard InChI is InChI=1S/C27H26O8/c1-30-17-8-9-18-21(14-17)35-27(16-7-11-20(32-3)23(13-16)34-5)24(26(18)29)25(28)15-6-10-19(31-2)22(12-15)33-4/h6-14,24,27H,1-5H3/t24-,27+/m1/s1. The van der Waals surface area contributed by atoms with Gasteiger partial charge in [0.2, 0.25) is 0 Å². The van der Waals surface area contributed by atoms with Crippen LogP contribution in [0.4, 0.5) is 0 Å². The van der Waals surface area contributed by atoms with E-state index in [-0.39, 0.29) is 5.78 Å². The number of methoxy groups -OCH3 is 5. The summed E-state index contributed by atoms with van der Waals surface area (Å²) < 4.78 is 33.0. The summed E-state index contributed by atoms with van der Waals surface area (Å²) in [5.74, 6) is 0.799. The number of hydrogen-bond donors (Lipinski definition) is 0. The Kier molecular flexibility index (Phi) is 6.82. The van der Waals surface area contributed by atoms with Gasteiger partial charge in [-0.25, -0.2) is 0 Å². The molecule has 182 valence electrons. The molecule has 0 saturated carbocycles. The first kappa shape index (κ1) is 23.9. The van der Waals surface area contributed by atoms with Crippen molar-refractivity contribution >= 4 is 11.6 Å². The Hall–Kier alpha value is -4.20. The molecule has 0 amide bonds. The summed E-state index contributed by atoms with van der Waals surface area (Å²) >= 11 is 0. The number of carbonyl (C=O) groups excluding carboxylic acids is 2. The van der Waals surface area contributed by atoms with Crippen molar-refractivity contribution in [1.82, 2.24) is 0 Å². The molecule has 0 saturated heterocycles. The van der Waals surface area contributed by atoms with Gasteiger partial charge in [0.05, 0.1) is 41.1 Å². The summed E-state index contributed by atoms with van der Waals surface area (Å²) in [7, 11) is 7.57. The van der Waals surface area contributed by atoms with Gasteiger partial charge >= 0.3 is 0 Å². The third kappa shape index (κ3) is 4.35. The summed E-state index contributed by atoms with van der Waals surface area (Å²) in [6, 6.07) is 14.9. The summed E-state index contributed by atoms with van der Waals surface area (Å²) in [4.78, 5) is 27.5. The Morgan fingerprint density at radius 2 is 1.34 bits per heavy atom. The molecule has 0 unspecified atom stereocenters. The van der Waals surface area contributed by atoms with Crippen LogP contribution in [0, 0.1) is 5.92 Å². The lowest BCUT2D eigenvalue weighted by Gasteiger charge is -2.32. The molecule has 0 aromatic heterocycles. The van der Waals surface area contributed by atoms with Gasteiger partial charge in [-0.15, -0.1) is 0 Å². The van der Waals surface area contributed by atoms with Crippen LogP contribution in [0.25, 0.3) is 0 Å². The third-order valence-corrected chi connectivity index (χ3v) is 5.98. The Labute approximate surface area is 203 Å². The first-order chi connectivity index (χ1) is 16.9. The van der Waals surface area contributed by atoms with E-state index in [0.29, 0.717) is 51.2 Å². The quantitative estimate of drug-likeness (QED) is 0.344. The van der Waals surface area contributed by atoms with E-state index in [9.17, 15) is 9.59 Å². The Bertz CT molecular complexity index is 1270. The fourth-order valence-electron chi connectivity index (χ4n) is 4.16. The van der Waals surface area contributed by atoms with Crippen LogP contribution in [-0.2, 0) is 0 Å². The van der Waals surface area contributed by atoms with E-state index < -0.39 is 17.8 Å². The lowest BCUT2D eigenvalue weighted by atomic mass is 9.80. The maximum absolute atomic E-state index is 13.8. The van der Waals surface area contributed by atoms with Crippen LogP contribution in [0.5, 0.6) is 34.5 Å². The Balaban J connectivity index is 1.84. The minimum absolute atomic E-state index is 0.298. The van der Waals surface area contributed by atoms with Crippen molar-refractivity contribution in [2.24, 2.45) is 5.92 Å². The molecule has 0 N–H and O–H groups in total. The SMILES string of the molecule is COc1ccc2c(c1)O[C@@H](c1ccc(OC)c(OC)c1)[C@H](C(=O)c1ccc(OC)c(OC)c1)C2=O. The Morgan fingerprint density at radius 3 is 1.97 bits per heavy atom. The number of benzene rings is 3. The lowest BCUT2D eigenvalue weighted by Crippen LogP contribution is -2.37. The molecule has 1 aliphatic heterocycles. The smallest absolute Gasteiger partial charge is 0.181 e. The first-order valence-corrected chi connectivity index (χ1v) is 10.8. The maximum Gasteiger partial charge on any atom is 0.181 e. The second kappa shape index (κ2) is 9.97. The fourth-order valence-corrected chi connectivity index (χ4v) is 4.16. The van der Waals surface area contributed by atoms with Crippen molar-refractivity contribution < 1.29 is 38.0 Å². The van der Waals surface area contributed by atoms with Gasteiger partial charge in [0.15, 0.2) is 34.6 Å². The van der Waals surface area contributed by atoms with Crippen molar-refractivity contribution in [3.63, 3.8) is 0 Å². The van der Waals surface area contributed by atoms with Crippen molar-refractivity contribution in [3.05, 3.63) is 71.3 Å². The normalized spacial score (nSPS) is 16.5. The average molecular weight is 478 g/mol. The molecule has 0 aliphatic carbocycles. The van der Waals surface area contributed by atoms with E-state index in [0.717, 1.165) is 0 Å². The Morgan fingerprint density at radius 1 is 0.714 bits per heavy atom. The molecule has 0 fully saturated rings. The average Bonchev–Trinajstić information content (AvgIpc) is 2.91. The molecule has 3 aromatic carbocycles. The van der Waals surface area contributed by atoms with Crippen LogP contribution >= 0.6 is 0 Å². The highest BCUT2D eigenvalue weighted by Gasteiger charge is 2.43. The lowest BCUT2D eigenvalue weighted by molar-refractivity contribution is 0.0568. The summed E-state index contributed by atoms with van der Waals surface area (Å²) in [6.45, 7) is 0. The summed E-state index contributed by atoms with van der Waals surface area (Å²) in [5, 5.41) is 0. The van der Waals surface area contributed by atoms with Crippen LogP contribution in [0.3, 0.4) is 0 Å². The number of rotatable bonds is 8. The molecule has 2 atom stereocenters. The number of ketones is 2. The van der Waals surface area contributed by atoms with Crippen molar-refractivity contribution in [2.45, 2.75) is 6.10 Å². The maximum atomic E-state index is 13.8. The van der Waals surface area contributed by atoms with Gasteiger partial charge in [-0.2, -0.15) is 0 Å². The second-order valence-corrected chi connectivity index (χ2v) is 7.79. The van der Waals surface area contributed by atoms with Gasteiger partial charge in [0.25, 0.3) is 0 Å². The van der Waals surface area contributed by atoms with Crippen LogP contribution in [0.2, 0.25) is 0 Å². The van der Waals surface area contributed by atoms with E-state index in [1.807, 2.05) is 0 Å². The third-order valence-electron chi connectivity index (χ3n) is 5.98. The molecule has 0 bridgehead atoms. The highest BCUT2D eigenvalue weighted by molar-refractivity contribution is 6.18.